The van der Waals surface area contributed by atoms with Crippen molar-refractivity contribution in [2.45, 2.75) is 41.7 Å². The molecule has 0 bridgehead atoms. The Bertz CT molecular complexity index is 974. The monoisotopic (exact) mass is 447 g/mol. The molecule has 1 saturated carbocycles. The summed E-state index contributed by atoms with van der Waals surface area (Å²) in [5.41, 5.74) is 0.860. The van der Waals surface area contributed by atoms with Crippen molar-refractivity contribution in [2.24, 2.45) is 5.92 Å². The highest BCUT2D eigenvalue weighted by Gasteiger charge is 2.34. The van der Waals surface area contributed by atoms with Crippen LogP contribution in [0.5, 0.6) is 0 Å². The van der Waals surface area contributed by atoms with E-state index in [2.05, 4.69) is 5.32 Å². The molecule has 2 aromatic rings. The second kappa shape index (κ2) is 10.1. The van der Waals surface area contributed by atoms with E-state index < -0.39 is 27.9 Å². The normalized spacial score (nSPS) is 19.3. The molecule has 6 nitrogen and oxygen atoms in total. The number of carbonyl (C=O) groups is 2. The second-order valence-corrected chi connectivity index (χ2v) is 10.2. The summed E-state index contributed by atoms with van der Waals surface area (Å²) < 4.78 is 31.0. The molecule has 0 heterocycles. The SMILES string of the molecule is CSc1ccc(S(=O)(=O)C[C@@H]2CC(=O)CC[C@@H]2NC(=O)OCc2ccccc2)cc1. The third-order valence-electron chi connectivity index (χ3n) is 5.16. The van der Waals surface area contributed by atoms with Crippen LogP contribution in [0, 0.1) is 5.92 Å². The first-order valence-electron chi connectivity index (χ1n) is 9.73. The zero-order valence-corrected chi connectivity index (χ0v) is 18.4. The molecule has 30 heavy (non-hydrogen) atoms. The van der Waals surface area contributed by atoms with Crippen LogP contribution < -0.4 is 5.32 Å². The van der Waals surface area contributed by atoms with Crippen molar-refractivity contribution in [1.29, 1.82) is 0 Å². The van der Waals surface area contributed by atoms with E-state index in [1.807, 2.05) is 36.6 Å². The van der Waals surface area contributed by atoms with Gasteiger partial charge < -0.3 is 10.1 Å². The summed E-state index contributed by atoms with van der Waals surface area (Å²) in [6, 6.07) is 15.6. The van der Waals surface area contributed by atoms with E-state index in [4.69, 9.17) is 4.74 Å². The average molecular weight is 448 g/mol. The van der Waals surface area contributed by atoms with Gasteiger partial charge in [0.05, 0.1) is 10.6 Å². The maximum absolute atomic E-state index is 12.9. The van der Waals surface area contributed by atoms with Crippen LogP contribution in [0.4, 0.5) is 4.79 Å². The van der Waals surface area contributed by atoms with Crippen molar-refractivity contribution in [1.82, 2.24) is 5.32 Å². The fourth-order valence-corrected chi connectivity index (χ4v) is 5.60. The topological polar surface area (TPSA) is 89.5 Å². The second-order valence-electron chi connectivity index (χ2n) is 7.31. The van der Waals surface area contributed by atoms with E-state index in [-0.39, 0.29) is 29.5 Å². The number of benzene rings is 2. The summed E-state index contributed by atoms with van der Waals surface area (Å²) in [5.74, 6) is -0.662. The highest BCUT2D eigenvalue weighted by molar-refractivity contribution is 7.98. The largest absolute Gasteiger partial charge is 0.445 e. The molecule has 0 radical (unpaired) electrons. The van der Waals surface area contributed by atoms with Gasteiger partial charge in [-0.1, -0.05) is 30.3 Å². The predicted molar refractivity (Wildman–Crippen MR) is 116 cm³/mol. The predicted octanol–water partition coefficient (Wildman–Crippen LogP) is 3.85. The van der Waals surface area contributed by atoms with Crippen molar-refractivity contribution < 1.29 is 22.7 Å². The van der Waals surface area contributed by atoms with Gasteiger partial charge in [0.15, 0.2) is 9.84 Å². The Hall–Kier alpha value is -2.32. The Morgan fingerprint density at radius 1 is 1.13 bits per heavy atom. The van der Waals surface area contributed by atoms with Crippen LogP contribution in [0.3, 0.4) is 0 Å². The Morgan fingerprint density at radius 3 is 2.50 bits per heavy atom. The number of rotatable bonds is 7. The average Bonchev–Trinajstić information content (AvgIpc) is 2.75. The van der Waals surface area contributed by atoms with E-state index >= 15 is 0 Å². The molecule has 0 saturated heterocycles. The van der Waals surface area contributed by atoms with Crippen LogP contribution in [0.1, 0.15) is 24.8 Å². The van der Waals surface area contributed by atoms with Gasteiger partial charge in [-0.2, -0.15) is 0 Å². The number of alkyl carbamates (subject to hydrolysis) is 1. The molecule has 1 aliphatic carbocycles. The molecule has 0 spiro atoms. The van der Waals surface area contributed by atoms with Gasteiger partial charge in [0.1, 0.15) is 12.4 Å². The number of Topliss-reactive ketones (excluding diaryl/α,β-unsaturated/α-hetero) is 1. The van der Waals surface area contributed by atoms with E-state index in [9.17, 15) is 18.0 Å². The number of sulfone groups is 1. The molecule has 1 fully saturated rings. The number of hydrogen-bond acceptors (Lipinski definition) is 6. The van der Waals surface area contributed by atoms with Crippen molar-refractivity contribution in [2.75, 3.05) is 12.0 Å². The summed E-state index contributed by atoms with van der Waals surface area (Å²) in [6.45, 7) is 0.128. The van der Waals surface area contributed by atoms with Crippen molar-refractivity contribution >= 4 is 33.5 Å². The zero-order chi connectivity index (χ0) is 21.6. The maximum Gasteiger partial charge on any atom is 0.407 e. The highest BCUT2D eigenvalue weighted by Crippen LogP contribution is 2.27. The number of thioether (sulfide) groups is 1. The molecule has 8 heteroatoms. The molecular weight excluding hydrogens is 422 g/mol. The Labute approximate surface area is 181 Å². The Morgan fingerprint density at radius 2 is 1.83 bits per heavy atom. The standard InChI is InChI=1S/C22H25NO5S2/c1-29-19-8-10-20(11-9-19)30(26,27)15-17-13-18(24)7-12-21(17)23-22(25)28-14-16-5-3-2-4-6-16/h2-6,8-11,17,21H,7,12-15H2,1H3,(H,23,25)/t17-,21-/m0/s1. The smallest absolute Gasteiger partial charge is 0.407 e. The first kappa shape index (κ1) is 22.4. The van der Waals surface area contributed by atoms with E-state index in [1.165, 1.54) is 11.8 Å². The van der Waals surface area contributed by atoms with Crippen LogP contribution in [-0.4, -0.2) is 38.3 Å². The van der Waals surface area contributed by atoms with Gasteiger partial charge in [0.25, 0.3) is 0 Å². The minimum absolute atomic E-state index is 0.0173. The van der Waals surface area contributed by atoms with Gasteiger partial charge in [0.2, 0.25) is 0 Å². The van der Waals surface area contributed by atoms with Crippen LogP contribution in [0.25, 0.3) is 0 Å². The van der Waals surface area contributed by atoms with Crippen LogP contribution >= 0.6 is 11.8 Å². The van der Waals surface area contributed by atoms with E-state index in [0.29, 0.717) is 12.8 Å². The van der Waals surface area contributed by atoms with Crippen molar-refractivity contribution in [3.8, 4) is 0 Å². The molecule has 1 amide bonds. The molecule has 1 N–H and O–H groups in total. The fourth-order valence-electron chi connectivity index (χ4n) is 3.53. The minimum Gasteiger partial charge on any atom is -0.445 e. The third kappa shape index (κ3) is 6.09. The van der Waals surface area contributed by atoms with Crippen LogP contribution in [-0.2, 0) is 26.0 Å². The van der Waals surface area contributed by atoms with E-state index in [1.54, 1.807) is 24.3 Å². The molecule has 160 valence electrons. The summed E-state index contributed by atoms with van der Waals surface area (Å²) >= 11 is 1.53. The first-order valence-corrected chi connectivity index (χ1v) is 12.6. The van der Waals surface area contributed by atoms with Gasteiger partial charge in [-0.05, 0) is 42.5 Å². The molecule has 2 atom stereocenters. The number of ether oxygens (including phenoxy) is 1. The number of carbonyl (C=O) groups excluding carboxylic acids is 2. The number of amides is 1. The molecular formula is C22H25NO5S2. The Kier molecular flexibility index (Phi) is 7.55. The lowest BCUT2D eigenvalue weighted by Crippen LogP contribution is -2.46. The summed E-state index contributed by atoms with van der Waals surface area (Å²) in [6.07, 6.45) is 2.17. The number of ketones is 1. The molecule has 0 aliphatic heterocycles. The third-order valence-corrected chi connectivity index (χ3v) is 7.76. The van der Waals surface area contributed by atoms with Crippen molar-refractivity contribution in [3.63, 3.8) is 0 Å². The summed E-state index contributed by atoms with van der Waals surface area (Å²) in [7, 11) is -3.59. The first-order chi connectivity index (χ1) is 14.4. The van der Waals surface area contributed by atoms with E-state index in [0.717, 1.165) is 10.5 Å². The minimum atomic E-state index is -3.59. The highest BCUT2D eigenvalue weighted by atomic mass is 32.2. The fraction of sp³-hybridized carbons (Fsp3) is 0.364. The lowest BCUT2D eigenvalue weighted by atomic mass is 9.85. The molecule has 2 aromatic carbocycles. The maximum atomic E-state index is 12.9. The van der Waals surface area contributed by atoms with Crippen LogP contribution in [0.15, 0.2) is 64.4 Å². The van der Waals surface area contributed by atoms with Gasteiger partial charge >= 0.3 is 6.09 Å². The molecule has 0 aromatic heterocycles. The van der Waals surface area contributed by atoms with Gasteiger partial charge in [0, 0.05) is 29.7 Å². The van der Waals surface area contributed by atoms with Gasteiger partial charge in [-0.3, -0.25) is 4.79 Å². The summed E-state index contributed by atoms with van der Waals surface area (Å²) in [4.78, 5) is 25.4. The number of nitrogens with one attached hydrogen (secondary N) is 1. The number of hydrogen-bond donors (Lipinski definition) is 1. The lowest BCUT2D eigenvalue weighted by molar-refractivity contribution is -0.121. The Balaban J connectivity index is 1.64. The zero-order valence-electron chi connectivity index (χ0n) is 16.7. The van der Waals surface area contributed by atoms with Crippen molar-refractivity contribution in [3.05, 3.63) is 60.2 Å². The molecule has 3 rings (SSSR count). The molecule has 1 aliphatic rings. The summed E-state index contributed by atoms with van der Waals surface area (Å²) in [5, 5.41) is 2.77. The van der Waals surface area contributed by atoms with Gasteiger partial charge in [-0.15, -0.1) is 11.8 Å². The molecule has 0 unspecified atom stereocenters. The lowest BCUT2D eigenvalue weighted by Gasteiger charge is -2.31. The van der Waals surface area contributed by atoms with Crippen LogP contribution in [0.2, 0.25) is 0 Å². The van der Waals surface area contributed by atoms with Gasteiger partial charge in [-0.25, -0.2) is 13.2 Å². The quantitative estimate of drug-likeness (QED) is 0.649.